The van der Waals surface area contributed by atoms with Gasteiger partial charge in [-0.05, 0) is 0 Å². The third-order valence-electron chi connectivity index (χ3n) is 0.839. The molecule has 0 rings (SSSR count). The van der Waals surface area contributed by atoms with Gasteiger partial charge in [-0.2, -0.15) is 0 Å². The van der Waals surface area contributed by atoms with Gasteiger partial charge in [-0.15, -0.1) is 0 Å². The first-order valence-electron chi connectivity index (χ1n) is 2.81. The molecule has 0 aliphatic heterocycles. The fraction of sp³-hybridized carbons (Fsp3) is 0.667. The molecule has 0 aliphatic rings. The molecule has 0 aromatic heterocycles. The van der Waals surface area contributed by atoms with E-state index in [1.54, 1.807) is 0 Å². The average molecular weight is 145 g/mol. The van der Waals surface area contributed by atoms with Gasteiger partial charge in [0.05, 0.1) is 20.1 Å². The molecule has 4 nitrogen and oxygen atoms in total. The highest BCUT2D eigenvalue weighted by Gasteiger charge is 1.97. The van der Waals surface area contributed by atoms with Crippen LogP contribution in [0.3, 0.4) is 0 Å². The van der Waals surface area contributed by atoms with Crippen LogP contribution >= 0.6 is 0 Å². The van der Waals surface area contributed by atoms with Crippen LogP contribution in [-0.2, 0) is 19.1 Å². The zero-order valence-corrected chi connectivity index (χ0v) is 5.75. The Balaban J connectivity index is 3.03. The van der Waals surface area contributed by atoms with Gasteiger partial charge in [0.25, 0.3) is 0 Å². The third kappa shape index (κ3) is 5.24. The molecule has 0 unspecified atom stereocenters. The summed E-state index contributed by atoms with van der Waals surface area (Å²) in [6.45, 7) is 0.124. The summed E-state index contributed by atoms with van der Waals surface area (Å²) in [5.41, 5.74) is 0. The van der Waals surface area contributed by atoms with E-state index >= 15 is 0 Å². The van der Waals surface area contributed by atoms with E-state index in [0.717, 1.165) is 0 Å². The van der Waals surface area contributed by atoms with E-state index < -0.39 is 0 Å². The first-order valence-corrected chi connectivity index (χ1v) is 2.81. The van der Waals surface area contributed by atoms with Crippen molar-refractivity contribution in [2.24, 2.45) is 0 Å². The summed E-state index contributed by atoms with van der Waals surface area (Å²) in [6.07, 6.45) is 1.71. The summed E-state index contributed by atoms with van der Waals surface area (Å²) in [7, 11) is 1.30. The Labute approximate surface area is 59.1 Å². The van der Waals surface area contributed by atoms with Crippen LogP contribution in [0.1, 0.15) is 6.42 Å². The maximum Gasteiger partial charge on any atom is 0.307 e. The minimum atomic E-state index is -0.342. The quantitative estimate of drug-likeness (QED) is 0.393. The average Bonchev–Trinajstić information content (AvgIpc) is 1.98. The zero-order chi connectivity index (χ0) is 7.82. The molecule has 57 valence electrons. The maximum atomic E-state index is 10.4. The van der Waals surface area contributed by atoms with Crippen molar-refractivity contribution in [1.29, 1.82) is 0 Å². The molecule has 0 heterocycles. The van der Waals surface area contributed by atoms with Gasteiger partial charge in [0, 0.05) is 0 Å². The monoisotopic (exact) mass is 145 g/mol. The third-order valence-corrected chi connectivity index (χ3v) is 0.839. The Morgan fingerprint density at radius 3 is 2.80 bits per heavy atom. The van der Waals surface area contributed by atoms with Crippen molar-refractivity contribution in [3.63, 3.8) is 0 Å². The molecule has 0 bridgehead atoms. The highest BCUT2D eigenvalue weighted by molar-refractivity contribution is 5.69. The second-order valence-corrected chi connectivity index (χ2v) is 1.52. The van der Waals surface area contributed by atoms with Gasteiger partial charge in [-0.1, -0.05) is 0 Å². The standard InChI is InChI=1S/C6H9O4/c1-9-6(8)2-4-10-5-3-7/h2,4-5H2,1H3. The minimum Gasteiger partial charge on any atom is -0.469 e. The molecule has 0 amide bonds. The van der Waals surface area contributed by atoms with E-state index in [4.69, 9.17) is 0 Å². The molecule has 0 atom stereocenters. The first-order chi connectivity index (χ1) is 4.81. The fourth-order valence-corrected chi connectivity index (χ4v) is 0.371. The van der Waals surface area contributed by atoms with Crippen molar-refractivity contribution in [3.05, 3.63) is 0 Å². The summed E-state index contributed by atoms with van der Waals surface area (Å²) in [5, 5.41) is 0. The van der Waals surface area contributed by atoms with Crippen LogP contribution in [0.2, 0.25) is 0 Å². The molecule has 0 saturated heterocycles. The lowest BCUT2D eigenvalue weighted by Crippen LogP contribution is -2.06. The van der Waals surface area contributed by atoms with E-state index in [0.29, 0.717) is 0 Å². The van der Waals surface area contributed by atoms with Crippen molar-refractivity contribution >= 4 is 12.3 Å². The number of hydrogen-bond acceptors (Lipinski definition) is 4. The Hall–Kier alpha value is -0.900. The normalized spacial score (nSPS) is 8.90. The van der Waals surface area contributed by atoms with Crippen molar-refractivity contribution in [2.75, 3.05) is 20.3 Å². The summed E-state index contributed by atoms with van der Waals surface area (Å²) < 4.78 is 8.94. The van der Waals surface area contributed by atoms with Gasteiger partial charge >= 0.3 is 5.97 Å². The van der Waals surface area contributed by atoms with E-state index in [1.165, 1.54) is 13.4 Å². The van der Waals surface area contributed by atoms with Crippen LogP contribution < -0.4 is 0 Å². The lowest BCUT2D eigenvalue weighted by molar-refractivity contribution is -0.141. The second kappa shape index (κ2) is 6.22. The van der Waals surface area contributed by atoms with Gasteiger partial charge < -0.3 is 9.47 Å². The predicted octanol–water partition coefficient (Wildman–Crippen LogP) is -0.324. The van der Waals surface area contributed by atoms with Crippen LogP contribution in [0.15, 0.2) is 0 Å². The highest BCUT2D eigenvalue weighted by atomic mass is 16.5. The topological polar surface area (TPSA) is 52.6 Å². The van der Waals surface area contributed by atoms with E-state index in [-0.39, 0.29) is 25.6 Å². The number of hydrogen-bond donors (Lipinski definition) is 0. The fourth-order valence-electron chi connectivity index (χ4n) is 0.371. The number of methoxy groups -OCH3 is 1. The largest absolute Gasteiger partial charge is 0.469 e. The lowest BCUT2D eigenvalue weighted by Gasteiger charge is -1.97. The molecule has 0 fully saturated rings. The summed E-state index contributed by atoms with van der Waals surface area (Å²) in [4.78, 5) is 19.9. The van der Waals surface area contributed by atoms with Gasteiger partial charge in [0.15, 0.2) is 0 Å². The molecule has 0 spiro atoms. The number of esters is 1. The Kier molecular flexibility index (Phi) is 5.66. The molecule has 4 heteroatoms. The van der Waals surface area contributed by atoms with Gasteiger partial charge in [-0.3, -0.25) is 9.59 Å². The molecule has 0 N–H and O–H groups in total. The molecule has 10 heavy (non-hydrogen) atoms. The maximum absolute atomic E-state index is 10.4. The van der Waals surface area contributed by atoms with Gasteiger partial charge in [0.1, 0.15) is 6.61 Å². The highest BCUT2D eigenvalue weighted by Crippen LogP contribution is 1.84. The second-order valence-electron chi connectivity index (χ2n) is 1.52. The number of carbonyl (C=O) groups excluding carboxylic acids is 2. The van der Waals surface area contributed by atoms with Crippen LogP contribution in [0.25, 0.3) is 0 Å². The molecular weight excluding hydrogens is 136 g/mol. The minimum absolute atomic E-state index is 0.0863. The molecular formula is C6H9O4. The molecule has 0 aromatic carbocycles. The van der Waals surface area contributed by atoms with Crippen LogP contribution in [0, 0.1) is 0 Å². The Morgan fingerprint density at radius 1 is 1.60 bits per heavy atom. The first kappa shape index (κ1) is 9.10. The van der Waals surface area contributed by atoms with Crippen LogP contribution in [0.4, 0.5) is 0 Å². The zero-order valence-electron chi connectivity index (χ0n) is 5.75. The summed E-state index contributed by atoms with van der Waals surface area (Å²) in [5.74, 6) is -0.342. The van der Waals surface area contributed by atoms with E-state index in [2.05, 4.69) is 9.47 Å². The van der Waals surface area contributed by atoms with E-state index in [1.807, 2.05) is 0 Å². The predicted molar refractivity (Wildman–Crippen MR) is 33.1 cm³/mol. The van der Waals surface area contributed by atoms with Crippen LogP contribution in [0.5, 0.6) is 0 Å². The molecule has 1 radical (unpaired) electrons. The number of rotatable bonds is 5. The summed E-state index contributed by atoms with van der Waals surface area (Å²) >= 11 is 0. The van der Waals surface area contributed by atoms with Crippen molar-refractivity contribution < 1.29 is 19.1 Å². The molecule has 0 aromatic rings. The summed E-state index contributed by atoms with van der Waals surface area (Å²) in [6, 6.07) is 0. The lowest BCUT2D eigenvalue weighted by atomic mass is 10.5. The van der Waals surface area contributed by atoms with Crippen molar-refractivity contribution in [3.8, 4) is 0 Å². The number of ether oxygens (including phenoxy) is 2. The molecule has 0 saturated carbocycles. The molecule has 0 aliphatic carbocycles. The van der Waals surface area contributed by atoms with Crippen LogP contribution in [-0.4, -0.2) is 32.6 Å². The Bertz CT molecular complexity index is 110. The SMILES string of the molecule is COC(=O)CCOC[C]=O. The smallest absolute Gasteiger partial charge is 0.307 e. The van der Waals surface area contributed by atoms with E-state index in [9.17, 15) is 9.59 Å². The van der Waals surface area contributed by atoms with Gasteiger partial charge in [0.2, 0.25) is 6.29 Å². The van der Waals surface area contributed by atoms with Crippen molar-refractivity contribution in [1.82, 2.24) is 0 Å². The van der Waals surface area contributed by atoms with Crippen molar-refractivity contribution in [2.45, 2.75) is 6.42 Å². The van der Waals surface area contributed by atoms with Gasteiger partial charge in [-0.25, -0.2) is 0 Å². The number of carbonyl (C=O) groups is 1. The Morgan fingerprint density at radius 2 is 2.30 bits per heavy atom.